The molecule has 6 nitrogen and oxygen atoms in total. The zero-order valence-electron chi connectivity index (χ0n) is 11.1. The number of nitrogens with zero attached hydrogens (tertiary/aromatic N) is 1. The number of aliphatic carboxylic acids is 1. The minimum Gasteiger partial charge on any atom is -0.480 e. The minimum atomic E-state index is -1.04. The summed E-state index contributed by atoms with van der Waals surface area (Å²) in [5.74, 6) is -0.576. The van der Waals surface area contributed by atoms with E-state index in [0.717, 1.165) is 13.1 Å². The molecule has 1 atom stereocenters. The number of rotatable bonds is 6. The third kappa shape index (κ3) is 4.91. The normalized spacial score (nSPS) is 17.7. The minimum absolute atomic E-state index is 0.322. The molecule has 0 bridgehead atoms. The molecule has 0 aromatic rings. The van der Waals surface area contributed by atoms with Crippen LogP contribution < -0.4 is 10.6 Å². The van der Waals surface area contributed by atoms with Gasteiger partial charge in [-0.05, 0) is 31.8 Å². The molecule has 1 fully saturated rings. The van der Waals surface area contributed by atoms with Crippen molar-refractivity contribution >= 4 is 12.0 Å². The van der Waals surface area contributed by atoms with Gasteiger partial charge in [0.2, 0.25) is 0 Å². The van der Waals surface area contributed by atoms with Crippen molar-refractivity contribution in [1.29, 1.82) is 0 Å². The summed E-state index contributed by atoms with van der Waals surface area (Å²) in [6.07, 6.45) is 2.43. The first-order chi connectivity index (χ1) is 8.50. The number of urea groups is 1. The fourth-order valence-corrected chi connectivity index (χ4v) is 2.28. The zero-order valence-corrected chi connectivity index (χ0v) is 11.1. The van der Waals surface area contributed by atoms with Gasteiger partial charge in [-0.1, -0.05) is 13.8 Å². The van der Waals surface area contributed by atoms with Crippen LogP contribution in [0.2, 0.25) is 0 Å². The van der Waals surface area contributed by atoms with Gasteiger partial charge in [-0.2, -0.15) is 0 Å². The number of carboxylic acids is 1. The summed E-state index contributed by atoms with van der Waals surface area (Å²) >= 11 is 0. The van der Waals surface area contributed by atoms with Crippen molar-refractivity contribution in [2.75, 3.05) is 26.2 Å². The predicted molar refractivity (Wildman–Crippen MR) is 68.5 cm³/mol. The topological polar surface area (TPSA) is 81.7 Å². The van der Waals surface area contributed by atoms with Gasteiger partial charge >= 0.3 is 12.0 Å². The van der Waals surface area contributed by atoms with Crippen molar-refractivity contribution in [3.05, 3.63) is 0 Å². The summed E-state index contributed by atoms with van der Waals surface area (Å²) in [5, 5.41) is 13.5. The molecule has 18 heavy (non-hydrogen) atoms. The maximum atomic E-state index is 11.4. The first kappa shape index (κ1) is 14.8. The molecule has 1 aliphatic heterocycles. The number of carboxylic acid groups (broad SMARTS) is 1. The Hall–Kier alpha value is -1.30. The molecule has 0 aromatic heterocycles. The molecule has 0 aliphatic carbocycles. The van der Waals surface area contributed by atoms with Crippen LogP contribution in [-0.2, 0) is 4.79 Å². The molecule has 0 aromatic carbocycles. The molecule has 6 heteroatoms. The fourth-order valence-electron chi connectivity index (χ4n) is 2.28. The summed E-state index contributed by atoms with van der Waals surface area (Å²) in [5.41, 5.74) is 0. The highest BCUT2D eigenvalue weighted by atomic mass is 16.4. The highest BCUT2D eigenvalue weighted by molar-refractivity contribution is 5.79. The van der Waals surface area contributed by atoms with Crippen LogP contribution in [0.1, 0.15) is 26.7 Å². The predicted octanol–water partition coefficient (Wildman–Crippen LogP) is 0.491. The van der Waals surface area contributed by atoms with Crippen molar-refractivity contribution in [3.8, 4) is 0 Å². The van der Waals surface area contributed by atoms with E-state index in [2.05, 4.69) is 29.4 Å². The molecular formula is C12H23N3O3. The van der Waals surface area contributed by atoms with Crippen molar-refractivity contribution in [1.82, 2.24) is 15.5 Å². The van der Waals surface area contributed by atoms with E-state index >= 15 is 0 Å². The Morgan fingerprint density at radius 2 is 1.83 bits per heavy atom. The summed E-state index contributed by atoms with van der Waals surface area (Å²) < 4.78 is 0. The van der Waals surface area contributed by atoms with Gasteiger partial charge in [0.1, 0.15) is 6.54 Å². The molecule has 0 saturated carbocycles. The number of hydrogen-bond acceptors (Lipinski definition) is 3. The van der Waals surface area contributed by atoms with E-state index in [-0.39, 0.29) is 6.54 Å². The van der Waals surface area contributed by atoms with Gasteiger partial charge in [0.25, 0.3) is 0 Å². The van der Waals surface area contributed by atoms with Crippen molar-refractivity contribution in [2.45, 2.75) is 32.7 Å². The number of carbonyl (C=O) groups excluding carboxylic acids is 1. The second kappa shape index (κ2) is 7.20. The van der Waals surface area contributed by atoms with E-state index in [1.165, 1.54) is 12.8 Å². The Labute approximate surface area is 108 Å². The molecule has 0 radical (unpaired) electrons. The van der Waals surface area contributed by atoms with E-state index in [0.29, 0.717) is 18.5 Å². The first-order valence-corrected chi connectivity index (χ1v) is 6.48. The van der Waals surface area contributed by atoms with E-state index in [4.69, 9.17) is 5.11 Å². The molecule has 1 saturated heterocycles. The Balaban J connectivity index is 2.33. The maximum Gasteiger partial charge on any atom is 0.323 e. The quantitative estimate of drug-likeness (QED) is 0.647. The lowest BCUT2D eigenvalue weighted by molar-refractivity contribution is -0.135. The zero-order chi connectivity index (χ0) is 13.5. The lowest BCUT2D eigenvalue weighted by Crippen LogP contribution is -2.48. The van der Waals surface area contributed by atoms with Gasteiger partial charge in [0.05, 0.1) is 0 Å². The van der Waals surface area contributed by atoms with Gasteiger partial charge in [-0.3, -0.25) is 9.69 Å². The first-order valence-electron chi connectivity index (χ1n) is 6.48. The van der Waals surface area contributed by atoms with Crippen LogP contribution in [0.5, 0.6) is 0 Å². The van der Waals surface area contributed by atoms with Crippen molar-refractivity contribution in [3.63, 3.8) is 0 Å². The third-order valence-electron chi connectivity index (χ3n) is 3.25. The average Bonchev–Trinajstić information content (AvgIpc) is 2.79. The third-order valence-corrected chi connectivity index (χ3v) is 3.25. The molecular weight excluding hydrogens is 234 g/mol. The second-order valence-electron chi connectivity index (χ2n) is 5.01. The van der Waals surface area contributed by atoms with Gasteiger partial charge < -0.3 is 15.7 Å². The fraction of sp³-hybridized carbons (Fsp3) is 0.833. The Kier molecular flexibility index (Phi) is 5.91. The molecule has 0 spiro atoms. The number of nitrogens with one attached hydrogen (secondary N) is 2. The molecule has 1 rings (SSSR count). The Morgan fingerprint density at radius 3 is 2.33 bits per heavy atom. The smallest absolute Gasteiger partial charge is 0.323 e. The van der Waals surface area contributed by atoms with Gasteiger partial charge in [0, 0.05) is 12.6 Å². The molecule has 1 unspecified atom stereocenters. The molecule has 1 aliphatic rings. The molecule has 1 heterocycles. The second-order valence-corrected chi connectivity index (χ2v) is 5.01. The van der Waals surface area contributed by atoms with Crippen LogP contribution in [-0.4, -0.2) is 54.2 Å². The highest BCUT2D eigenvalue weighted by Gasteiger charge is 2.24. The van der Waals surface area contributed by atoms with Crippen molar-refractivity contribution in [2.24, 2.45) is 5.92 Å². The van der Waals surface area contributed by atoms with Crippen LogP contribution >= 0.6 is 0 Å². The number of carbonyl (C=O) groups is 2. The maximum absolute atomic E-state index is 11.4. The van der Waals surface area contributed by atoms with Crippen LogP contribution in [0.15, 0.2) is 0 Å². The van der Waals surface area contributed by atoms with Crippen LogP contribution in [0.3, 0.4) is 0 Å². The van der Waals surface area contributed by atoms with Gasteiger partial charge in [0.15, 0.2) is 0 Å². The average molecular weight is 257 g/mol. The standard InChI is InChI=1S/C12H23N3O3/c1-9(2)10(15-5-3-4-6-15)7-13-12(18)14-8-11(16)17/h9-10H,3-8H2,1-2H3,(H,16,17)(H2,13,14,18). The van der Waals surface area contributed by atoms with Gasteiger partial charge in [-0.15, -0.1) is 0 Å². The SMILES string of the molecule is CC(C)C(CNC(=O)NCC(=O)O)N1CCCC1. The summed E-state index contributed by atoms with van der Waals surface area (Å²) in [7, 11) is 0. The van der Waals surface area contributed by atoms with E-state index in [1.807, 2.05) is 0 Å². The molecule has 104 valence electrons. The summed E-state index contributed by atoms with van der Waals surface area (Å²) in [6, 6.07) is -0.0923. The number of likely N-dealkylation sites (tertiary alicyclic amines) is 1. The van der Waals surface area contributed by atoms with Crippen molar-refractivity contribution < 1.29 is 14.7 Å². The molecule has 3 N–H and O–H groups in total. The Morgan fingerprint density at radius 1 is 1.22 bits per heavy atom. The van der Waals surface area contributed by atoms with E-state index in [9.17, 15) is 9.59 Å². The lowest BCUT2D eigenvalue weighted by atomic mass is 10.0. The van der Waals surface area contributed by atoms with Crippen LogP contribution in [0.4, 0.5) is 4.79 Å². The number of hydrogen-bond donors (Lipinski definition) is 3. The van der Waals surface area contributed by atoms with Crippen LogP contribution in [0, 0.1) is 5.92 Å². The van der Waals surface area contributed by atoms with Gasteiger partial charge in [-0.25, -0.2) is 4.79 Å². The summed E-state index contributed by atoms with van der Waals surface area (Å²) in [4.78, 5) is 24.1. The molecule has 2 amide bonds. The monoisotopic (exact) mass is 257 g/mol. The van der Waals surface area contributed by atoms with E-state index in [1.54, 1.807) is 0 Å². The lowest BCUT2D eigenvalue weighted by Gasteiger charge is -2.30. The summed E-state index contributed by atoms with van der Waals surface area (Å²) in [6.45, 7) is 6.66. The highest BCUT2D eigenvalue weighted by Crippen LogP contribution is 2.16. The Bertz CT molecular complexity index is 288. The van der Waals surface area contributed by atoms with Crippen LogP contribution in [0.25, 0.3) is 0 Å². The number of amides is 2. The van der Waals surface area contributed by atoms with E-state index < -0.39 is 12.0 Å². The largest absolute Gasteiger partial charge is 0.480 e.